The van der Waals surface area contributed by atoms with E-state index in [2.05, 4.69) is 5.10 Å². The topological polar surface area (TPSA) is 64.1 Å². The first-order chi connectivity index (χ1) is 7.75. The number of hydrogen-bond donors (Lipinski definition) is 2. The molecule has 0 atom stereocenters. The standard InChI is InChI=1S/C11H11N3OS/c12-11-9-5-16-6-10(9)13-14(11)7-2-1-3-8(15)4-7/h1-4,15H,5-6,12H2. The van der Waals surface area contributed by atoms with Gasteiger partial charge in [-0.2, -0.15) is 16.9 Å². The van der Waals surface area contributed by atoms with Gasteiger partial charge in [0.05, 0.1) is 11.4 Å². The van der Waals surface area contributed by atoms with Gasteiger partial charge in [-0.15, -0.1) is 0 Å². The second-order valence-electron chi connectivity index (χ2n) is 3.73. The Morgan fingerprint density at radius 1 is 1.38 bits per heavy atom. The molecule has 1 aromatic carbocycles. The van der Waals surface area contributed by atoms with Gasteiger partial charge in [0.1, 0.15) is 11.6 Å². The number of thioether (sulfide) groups is 1. The molecule has 0 bridgehead atoms. The third-order valence-corrected chi connectivity index (χ3v) is 3.64. The van der Waals surface area contributed by atoms with E-state index in [4.69, 9.17) is 5.73 Å². The van der Waals surface area contributed by atoms with Gasteiger partial charge in [-0.1, -0.05) is 6.07 Å². The smallest absolute Gasteiger partial charge is 0.131 e. The largest absolute Gasteiger partial charge is 0.508 e. The number of nitrogens with zero attached hydrogens (tertiary/aromatic N) is 2. The lowest BCUT2D eigenvalue weighted by molar-refractivity contribution is 0.475. The Balaban J connectivity index is 2.14. The molecule has 16 heavy (non-hydrogen) atoms. The fourth-order valence-corrected chi connectivity index (χ4v) is 2.90. The van der Waals surface area contributed by atoms with Crippen LogP contribution in [-0.4, -0.2) is 14.9 Å². The van der Waals surface area contributed by atoms with Crippen molar-refractivity contribution < 1.29 is 5.11 Å². The van der Waals surface area contributed by atoms with Crippen molar-refractivity contribution in [2.75, 3.05) is 5.73 Å². The molecule has 0 aliphatic carbocycles. The predicted molar refractivity (Wildman–Crippen MR) is 64.6 cm³/mol. The number of aromatic hydroxyl groups is 1. The molecule has 2 heterocycles. The molecule has 0 spiro atoms. The average molecular weight is 233 g/mol. The van der Waals surface area contributed by atoms with Gasteiger partial charge >= 0.3 is 0 Å². The second kappa shape index (κ2) is 3.45. The van der Waals surface area contributed by atoms with Crippen molar-refractivity contribution in [1.29, 1.82) is 0 Å². The molecule has 0 radical (unpaired) electrons. The van der Waals surface area contributed by atoms with Crippen molar-refractivity contribution in [3.8, 4) is 11.4 Å². The van der Waals surface area contributed by atoms with Gasteiger partial charge in [0.2, 0.25) is 0 Å². The van der Waals surface area contributed by atoms with Crippen LogP contribution in [0, 0.1) is 0 Å². The molecule has 0 saturated heterocycles. The Hall–Kier alpha value is -1.62. The lowest BCUT2D eigenvalue weighted by Crippen LogP contribution is -2.03. The summed E-state index contributed by atoms with van der Waals surface area (Å²) < 4.78 is 1.70. The van der Waals surface area contributed by atoms with Crippen LogP contribution < -0.4 is 5.73 Å². The highest BCUT2D eigenvalue weighted by Crippen LogP contribution is 2.34. The third kappa shape index (κ3) is 1.36. The van der Waals surface area contributed by atoms with E-state index in [1.54, 1.807) is 22.9 Å². The Kier molecular flexibility index (Phi) is 2.07. The highest BCUT2D eigenvalue weighted by molar-refractivity contribution is 7.98. The fraction of sp³-hybridized carbons (Fsp3) is 0.182. The first-order valence-corrected chi connectivity index (χ1v) is 6.14. The summed E-state index contributed by atoms with van der Waals surface area (Å²) in [5, 5.41) is 13.9. The van der Waals surface area contributed by atoms with Gasteiger partial charge in [-0.05, 0) is 12.1 Å². The first-order valence-electron chi connectivity index (χ1n) is 4.99. The third-order valence-electron chi connectivity index (χ3n) is 2.67. The number of hydrogen-bond acceptors (Lipinski definition) is 4. The van der Waals surface area contributed by atoms with Crippen LogP contribution in [0.1, 0.15) is 11.3 Å². The Morgan fingerprint density at radius 2 is 2.25 bits per heavy atom. The van der Waals surface area contributed by atoms with E-state index in [1.165, 1.54) is 0 Å². The number of phenols is 1. The minimum absolute atomic E-state index is 0.224. The van der Waals surface area contributed by atoms with Crippen LogP contribution >= 0.6 is 11.8 Å². The van der Waals surface area contributed by atoms with E-state index in [0.29, 0.717) is 5.82 Å². The zero-order chi connectivity index (χ0) is 11.1. The normalized spacial score (nSPS) is 14.0. The summed E-state index contributed by atoms with van der Waals surface area (Å²) in [7, 11) is 0. The van der Waals surface area contributed by atoms with Crippen LogP contribution in [0.25, 0.3) is 5.69 Å². The van der Waals surface area contributed by atoms with Crippen molar-refractivity contribution in [2.45, 2.75) is 11.5 Å². The molecule has 1 aromatic heterocycles. The first kappa shape index (κ1) is 9.59. The monoisotopic (exact) mass is 233 g/mol. The van der Waals surface area contributed by atoms with Crippen LogP contribution in [0.3, 0.4) is 0 Å². The Morgan fingerprint density at radius 3 is 3.00 bits per heavy atom. The predicted octanol–water partition coefficient (Wildman–Crippen LogP) is 1.91. The Labute approximate surface area is 97.1 Å². The molecule has 4 nitrogen and oxygen atoms in total. The molecule has 5 heteroatoms. The van der Waals surface area contributed by atoms with E-state index >= 15 is 0 Å². The lowest BCUT2D eigenvalue weighted by atomic mass is 10.2. The van der Waals surface area contributed by atoms with E-state index in [1.807, 2.05) is 17.8 Å². The lowest BCUT2D eigenvalue weighted by Gasteiger charge is -2.05. The number of benzene rings is 1. The van der Waals surface area contributed by atoms with Crippen LogP contribution in [0.5, 0.6) is 5.75 Å². The number of phenolic OH excluding ortho intramolecular Hbond substituents is 1. The quantitative estimate of drug-likeness (QED) is 0.789. The van der Waals surface area contributed by atoms with Crippen molar-refractivity contribution in [3.05, 3.63) is 35.5 Å². The number of rotatable bonds is 1. The Bertz CT molecular complexity index is 550. The highest BCUT2D eigenvalue weighted by atomic mass is 32.2. The fourth-order valence-electron chi connectivity index (χ4n) is 1.86. The van der Waals surface area contributed by atoms with Crippen LogP contribution in [0.2, 0.25) is 0 Å². The maximum Gasteiger partial charge on any atom is 0.131 e. The van der Waals surface area contributed by atoms with Crippen molar-refractivity contribution in [2.24, 2.45) is 0 Å². The van der Waals surface area contributed by atoms with Gasteiger partial charge in [0.15, 0.2) is 0 Å². The van der Waals surface area contributed by atoms with Gasteiger partial charge in [0, 0.05) is 23.1 Å². The van der Waals surface area contributed by atoms with Gasteiger partial charge in [0.25, 0.3) is 0 Å². The summed E-state index contributed by atoms with van der Waals surface area (Å²) in [5.74, 6) is 2.76. The van der Waals surface area contributed by atoms with Gasteiger partial charge in [-0.25, -0.2) is 4.68 Å². The molecular formula is C11H11N3OS. The summed E-state index contributed by atoms with van der Waals surface area (Å²) in [4.78, 5) is 0. The molecule has 3 N–H and O–H groups in total. The summed E-state index contributed by atoms with van der Waals surface area (Å²) in [6, 6.07) is 6.95. The van der Waals surface area contributed by atoms with Crippen molar-refractivity contribution >= 4 is 17.6 Å². The second-order valence-corrected chi connectivity index (χ2v) is 4.72. The minimum atomic E-state index is 0.224. The SMILES string of the molecule is Nc1c2c(nn1-c1cccc(O)c1)CSC2. The minimum Gasteiger partial charge on any atom is -0.508 e. The highest BCUT2D eigenvalue weighted by Gasteiger charge is 2.21. The molecule has 2 aromatic rings. The van der Waals surface area contributed by atoms with Gasteiger partial charge in [-0.3, -0.25) is 0 Å². The van der Waals surface area contributed by atoms with Crippen LogP contribution in [-0.2, 0) is 11.5 Å². The zero-order valence-corrected chi connectivity index (χ0v) is 9.37. The molecule has 0 unspecified atom stereocenters. The number of anilines is 1. The number of aromatic nitrogens is 2. The van der Waals surface area contributed by atoms with Crippen molar-refractivity contribution in [3.63, 3.8) is 0 Å². The van der Waals surface area contributed by atoms with E-state index < -0.39 is 0 Å². The molecule has 0 fully saturated rings. The summed E-state index contributed by atoms with van der Waals surface area (Å²) in [5.41, 5.74) is 9.04. The zero-order valence-electron chi connectivity index (χ0n) is 8.55. The van der Waals surface area contributed by atoms with E-state index in [9.17, 15) is 5.11 Å². The van der Waals surface area contributed by atoms with Crippen LogP contribution in [0.4, 0.5) is 5.82 Å². The molecule has 0 saturated carbocycles. The maximum absolute atomic E-state index is 9.43. The summed E-state index contributed by atoms with van der Waals surface area (Å²) >= 11 is 1.83. The molecule has 0 amide bonds. The number of fused-ring (bicyclic) bond motifs is 1. The molecule has 1 aliphatic heterocycles. The molecule has 1 aliphatic rings. The van der Waals surface area contributed by atoms with E-state index in [-0.39, 0.29) is 5.75 Å². The summed E-state index contributed by atoms with van der Waals surface area (Å²) in [6.45, 7) is 0. The van der Waals surface area contributed by atoms with Gasteiger partial charge < -0.3 is 10.8 Å². The number of nitrogen functional groups attached to an aromatic ring is 1. The molecule has 82 valence electrons. The molecule has 3 rings (SSSR count). The van der Waals surface area contributed by atoms with Crippen molar-refractivity contribution in [1.82, 2.24) is 9.78 Å². The number of nitrogens with two attached hydrogens (primary N) is 1. The van der Waals surface area contributed by atoms with E-state index in [0.717, 1.165) is 28.5 Å². The van der Waals surface area contributed by atoms with Crippen LogP contribution in [0.15, 0.2) is 24.3 Å². The molecular weight excluding hydrogens is 222 g/mol. The maximum atomic E-state index is 9.43. The average Bonchev–Trinajstić information content (AvgIpc) is 2.82. The summed E-state index contributed by atoms with van der Waals surface area (Å²) in [6.07, 6.45) is 0.